The van der Waals surface area contributed by atoms with E-state index < -0.39 is 15.9 Å². The number of anilines is 2. The smallest absolute Gasteiger partial charge is 0.243 e. The summed E-state index contributed by atoms with van der Waals surface area (Å²) in [6.45, 7) is 5.17. The molecule has 0 radical (unpaired) electrons. The van der Waals surface area contributed by atoms with Crippen LogP contribution in [0.1, 0.15) is 20.8 Å². The molecule has 0 spiro atoms. The van der Waals surface area contributed by atoms with Gasteiger partial charge in [0, 0.05) is 24.8 Å². The molecule has 0 aliphatic rings. The van der Waals surface area contributed by atoms with E-state index in [9.17, 15) is 18.0 Å². The molecule has 0 heterocycles. The third-order valence-electron chi connectivity index (χ3n) is 3.91. The van der Waals surface area contributed by atoms with Crippen LogP contribution in [0.2, 0.25) is 0 Å². The number of carbonyl (C=O) groups excluding carboxylic acids is 2. The molecular formula is C20H25N3O5S. The number of amides is 2. The number of hydrogen-bond donors (Lipinski definition) is 2. The monoisotopic (exact) mass is 419 g/mol. The van der Waals surface area contributed by atoms with Crippen molar-refractivity contribution in [3.05, 3.63) is 48.5 Å². The Labute approximate surface area is 170 Å². The van der Waals surface area contributed by atoms with E-state index in [0.717, 1.165) is 4.31 Å². The second-order valence-corrected chi connectivity index (χ2v) is 8.08. The van der Waals surface area contributed by atoms with E-state index in [-0.39, 0.29) is 23.9 Å². The highest BCUT2D eigenvalue weighted by atomic mass is 32.2. The van der Waals surface area contributed by atoms with Crippen molar-refractivity contribution >= 4 is 33.2 Å². The van der Waals surface area contributed by atoms with Gasteiger partial charge in [0.25, 0.3) is 0 Å². The number of carbonyl (C=O) groups is 2. The van der Waals surface area contributed by atoms with Crippen molar-refractivity contribution in [2.75, 3.05) is 30.3 Å². The highest BCUT2D eigenvalue weighted by Gasteiger charge is 2.25. The van der Waals surface area contributed by atoms with Crippen molar-refractivity contribution in [2.45, 2.75) is 25.7 Å². The second kappa shape index (κ2) is 10.0. The predicted molar refractivity (Wildman–Crippen MR) is 111 cm³/mol. The number of hydrogen-bond acceptors (Lipinski definition) is 5. The molecule has 2 aromatic carbocycles. The van der Waals surface area contributed by atoms with Crippen LogP contribution in [0.3, 0.4) is 0 Å². The number of sulfonamides is 1. The third-order valence-corrected chi connectivity index (χ3v) is 5.85. The first-order valence-corrected chi connectivity index (χ1v) is 10.6. The molecule has 2 aromatic rings. The molecule has 156 valence electrons. The first-order chi connectivity index (χ1) is 13.8. The van der Waals surface area contributed by atoms with Crippen LogP contribution in [-0.4, -0.2) is 44.2 Å². The zero-order valence-corrected chi connectivity index (χ0v) is 17.5. The number of ether oxygens (including phenoxy) is 1. The Balaban J connectivity index is 2.09. The highest BCUT2D eigenvalue weighted by Crippen LogP contribution is 2.20. The number of nitrogens with zero attached hydrogens (tertiary/aromatic N) is 1. The minimum atomic E-state index is -3.83. The average molecular weight is 420 g/mol. The molecule has 0 bridgehead atoms. The maximum absolute atomic E-state index is 12.9. The fraction of sp³-hybridized carbons (Fsp3) is 0.300. The van der Waals surface area contributed by atoms with E-state index in [2.05, 4.69) is 10.6 Å². The molecule has 0 aromatic heterocycles. The number of benzene rings is 2. The van der Waals surface area contributed by atoms with Gasteiger partial charge >= 0.3 is 0 Å². The van der Waals surface area contributed by atoms with Crippen LogP contribution in [0.4, 0.5) is 11.4 Å². The zero-order chi connectivity index (χ0) is 21.4. The van der Waals surface area contributed by atoms with Crippen molar-refractivity contribution in [1.29, 1.82) is 0 Å². The lowest BCUT2D eigenvalue weighted by Crippen LogP contribution is -2.37. The minimum absolute atomic E-state index is 0.0864. The van der Waals surface area contributed by atoms with Crippen LogP contribution in [0, 0.1) is 0 Å². The molecule has 0 saturated carbocycles. The summed E-state index contributed by atoms with van der Waals surface area (Å²) < 4.78 is 32.1. The van der Waals surface area contributed by atoms with Gasteiger partial charge in [-0.2, -0.15) is 4.31 Å². The van der Waals surface area contributed by atoms with Crippen LogP contribution < -0.4 is 15.4 Å². The summed E-state index contributed by atoms with van der Waals surface area (Å²) in [5.74, 6) is -0.139. The maximum atomic E-state index is 12.9. The van der Waals surface area contributed by atoms with Crippen LogP contribution in [0.15, 0.2) is 53.4 Å². The molecule has 0 aliphatic heterocycles. The number of likely N-dealkylation sites (N-methyl/N-ethyl adjacent to an activating group) is 1. The first kappa shape index (κ1) is 22.4. The average Bonchev–Trinajstić information content (AvgIpc) is 2.66. The van der Waals surface area contributed by atoms with Crippen LogP contribution in [-0.2, 0) is 19.6 Å². The lowest BCUT2D eigenvalue weighted by molar-refractivity contribution is -0.116. The molecule has 0 fully saturated rings. The molecule has 2 N–H and O–H groups in total. The summed E-state index contributed by atoms with van der Waals surface area (Å²) in [6, 6.07) is 12.7. The van der Waals surface area contributed by atoms with Gasteiger partial charge in [0.1, 0.15) is 5.75 Å². The predicted octanol–water partition coefficient (Wildman–Crippen LogP) is 2.69. The van der Waals surface area contributed by atoms with E-state index in [4.69, 9.17) is 4.74 Å². The van der Waals surface area contributed by atoms with E-state index >= 15 is 0 Å². The summed E-state index contributed by atoms with van der Waals surface area (Å²) in [4.78, 5) is 23.6. The van der Waals surface area contributed by atoms with E-state index in [1.807, 2.05) is 6.92 Å². The van der Waals surface area contributed by atoms with Gasteiger partial charge in [-0.05, 0) is 49.4 Å². The molecule has 0 saturated heterocycles. The van der Waals surface area contributed by atoms with Gasteiger partial charge in [-0.3, -0.25) is 9.59 Å². The van der Waals surface area contributed by atoms with E-state index in [1.165, 1.54) is 19.1 Å². The van der Waals surface area contributed by atoms with Gasteiger partial charge in [0.15, 0.2) is 0 Å². The summed E-state index contributed by atoms with van der Waals surface area (Å²) in [5.41, 5.74) is 0.987. The maximum Gasteiger partial charge on any atom is 0.243 e. The number of nitrogens with one attached hydrogen (secondary N) is 2. The van der Waals surface area contributed by atoms with Crippen molar-refractivity contribution < 1.29 is 22.7 Å². The topological polar surface area (TPSA) is 105 Å². The second-order valence-electron chi connectivity index (χ2n) is 6.15. The van der Waals surface area contributed by atoms with Crippen molar-refractivity contribution in [2.24, 2.45) is 0 Å². The number of rotatable bonds is 9. The van der Waals surface area contributed by atoms with Gasteiger partial charge in [0.2, 0.25) is 21.8 Å². The van der Waals surface area contributed by atoms with Crippen molar-refractivity contribution in [3.8, 4) is 5.75 Å². The van der Waals surface area contributed by atoms with E-state index in [0.29, 0.717) is 23.7 Å². The molecule has 0 aliphatic carbocycles. The Kier molecular flexibility index (Phi) is 7.74. The van der Waals surface area contributed by atoms with Gasteiger partial charge in [-0.1, -0.05) is 13.0 Å². The fourth-order valence-corrected chi connectivity index (χ4v) is 4.03. The Morgan fingerprint density at radius 3 is 2.17 bits per heavy atom. The molecule has 2 amide bonds. The zero-order valence-electron chi connectivity index (χ0n) is 16.6. The molecule has 29 heavy (non-hydrogen) atoms. The fourth-order valence-electron chi connectivity index (χ4n) is 2.63. The SMILES string of the molecule is CCOc1ccc(S(=O)(=O)N(CC)CC(=O)Nc2cccc(NC(C)=O)c2)cc1. The summed E-state index contributed by atoms with van der Waals surface area (Å²) in [6.07, 6.45) is 0. The molecule has 8 nitrogen and oxygen atoms in total. The van der Waals surface area contributed by atoms with Gasteiger partial charge < -0.3 is 15.4 Å². The van der Waals surface area contributed by atoms with Gasteiger partial charge in [0.05, 0.1) is 18.0 Å². The van der Waals surface area contributed by atoms with E-state index in [1.54, 1.807) is 43.3 Å². The first-order valence-electron chi connectivity index (χ1n) is 9.16. The standard InChI is InChI=1S/C20H25N3O5S/c1-4-23(29(26,27)19-11-9-18(10-12-19)28-5-2)14-20(25)22-17-8-6-7-16(13-17)21-15(3)24/h6-13H,4-5,14H2,1-3H3,(H,21,24)(H,22,25). The summed E-state index contributed by atoms with van der Waals surface area (Å²) in [5, 5.41) is 5.28. The Hall–Kier alpha value is -2.91. The third kappa shape index (κ3) is 6.30. The van der Waals surface area contributed by atoms with Gasteiger partial charge in [-0.25, -0.2) is 8.42 Å². The molecular weight excluding hydrogens is 394 g/mol. The lowest BCUT2D eigenvalue weighted by Gasteiger charge is -2.20. The normalized spacial score (nSPS) is 11.2. The highest BCUT2D eigenvalue weighted by molar-refractivity contribution is 7.89. The molecule has 0 unspecified atom stereocenters. The summed E-state index contributed by atoms with van der Waals surface area (Å²) >= 11 is 0. The Morgan fingerprint density at radius 1 is 1.00 bits per heavy atom. The largest absolute Gasteiger partial charge is 0.494 e. The Bertz CT molecular complexity index is 958. The molecule has 0 atom stereocenters. The van der Waals surface area contributed by atoms with Crippen molar-refractivity contribution in [3.63, 3.8) is 0 Å². The Morgan fingerprint density at radius 2 is 1.62 bits per heavy atom. The lowest BCUT2D eigenvalue weighted by atomic mass is 10.2. The summed E-state index contributed by atoms with van der Waals surface area (Å²) in [7, 11) is -3.83. The van der Waals surface area contributed by atoms with Crippen molar-refractivity contribution in [1.82, 2.24) is 4.31 Å². The van der Waals surface area contributed by atoms with Crippen LogP contribution in [0.5, 0.6) is 5.75 Å². The molecule has 9 heteroatoms. The van der Waals surface area contributed by atoms with Crippen LogP contribution >= 0.6 is 0 Å². The van der Waals surface area contributed by atoms with Crippen LogP contribution in [0.25, 0.3) is 0 Å². The van der Waals surface area contributed by atoms with Gasteiger partial charge in [-0.15, -0.1) is 0 Å². The molecule has 2 rings (SSSR count). The minimum Gasteiger partial charge on any atom is -0.494 e. The quantitative estimate of drug-likeness (QED) is 0.650.